The van der Waals surface area contributed by atoms with Gasteiger partial charge in [0.25, 0.3) is 11.5 Å². The lowest BCUT2D eigenvalue weighted by Crippen LogP contribution is -2.29. The van der Waals surface area contributed by atoms with Crippen molar-refractivity contribution in [3.05, 3.63) is 62.4 Å². The van der Waals surface area contributed by atoms with E-state index in [4.69, 9.17) is 21.3 Å². The minimum absolute atomic E-state index is 0.00451. The normalized spacial score (nSPS) is 20.2. The molecular formula is C24H26ClN5O3. The fourth-order valence-corrected chi connectivity index (χ4v) is 5.17. The number of carbonyl (C=O) groups excluding carboxylic acids is 1. The van der Waals surface area contributed by atoms with Gasteiger partial charge in [-0.15, -0.1) is 0 Å². The van der Waals surface area contributed by atoms with Crippen LogP contribution < -0.4 is 16.2 Å². The van der Waals surface area contributed by atoms with Crippen molar-refractivity contribution < 1.29 is 9.53 Å². The summed E-state index contributed by atoms with van der Waals surface area (Å²) in [5, 5.41) is 6.83. The molecule has 2 N–H and O–H groups in total. The molecule has 2 aromatic heterocycles. The molecule has 9 heteroatoms. The van der Waals surface area contributed by atoms with Gasteiger partial charge in [-0.25, -0.2) is 9.97 Å². The van der Waals surface area contributed by atoms with Crippen molar-refractivity contribution in [3.8, 4) is 0 Å². The molecule has 8 nitrogen and oxygen atoms in total. The number of ether oxygens (including phenoxy) is 1. The maximum Gasteiger partial charge on any atom is 0.271 e. The van der Waals surface area contributed by atoms with Crippen molar-refractivity contribution in [3.63, 3.8) is 0 Å². The first-order valence-corrected chi connectivity index (χ1v) is 11.5. The lowest BCUT2D eigenvalue weighted by Gasteiger charge is -2.23. The molecule has 1 amide bonds. The van der Waals surface area contributed by atoms with Crippen LogP contribution in [0.2, 0.25) is 5.15 Å². The number of amides is 1. The SMILES string of the molecule is CNC(=O)c1nc(Cl)ccc1N[C@H](C)c1cc(C)cc2c(=O)n3c(nc12)[C@@]1(CCOC1)CC3. The van der Waals surface area contributed by atoms with Crippen LogP contribution in [0.1, 0.15) is 53.2 Å². The molecule has 0 radical (unpaired) electrons. The Bertz CT molecular complexity index is 1330. The van der Waals surface area contributed by atoms with E-state index in [1.165, 1.54) is 0 Å². The van der Waals surface area contributed by atoms with E-state index in [2.05, 4.69) is 15.6 Å². The molecule has 0 unspecified atom stereocenters. The predicted molar refractivity (Wildman–Crippen MR) is 127 cm³/mol. The van der Waals surface area contributed by atoms with Gasteiger partial charge in [-0.2, -0.15) is 0 Å². The highest BCUT2D eigenvalue weighted by Gasteiger charge is 2.44. The second-order valence-electron chi connectivity index (χ2n) is 8.95. The first kappa shape index (κ1) is 21.9. The van der Waals surface area contributed by atoms with E-state index in [0.29, 0.717) is 36.3 Å². The molecule has 3 aromatic rings. The molecule has 1 fully saturated rings. The first-order chi connectivity index (χ1) is 15.8. The number of aromatic nitrogens is 3. The maximum atomic E-state index is 13.4. The smallest absolute Gasteiger partial charge is 0.271 e. The van der Waals surface area contributed by atoms with Gasteiger partial charge >= 0.3 is 0 Å². The van der Waals surface area contributed by atoms with E-state index < -0.39 is 0 Å². The molecule has 1 saturated heterocycles. The van der Waals surface area contributed by atoms with Crippen molar-refractivity contribution in [2.45, 2.75) is 44.7 Å². The third kappa shape index (κ3) is 3.57. The molecule has 2 atom stereocenters. The number of benzene rings is 1. The maximum absolute atomic E-state index is 13.4. The molecule has 0 saturated carbocycles. The van der Waals surface area contributed by atoms with Crippen LogP contribution in [0.25, 0.3) is 10.9 Å². The van der Waals surface area contributed by atoms with E-state index >= 15 is 0 Å². The average Bonchev–Trinajstić information content (AvgIpc) is 3.42. The van der Waals surface area contributed by atoms with Crippen molar-refractivity contribution in [1.82, 2.24) is 19.9 Å². The Labute approximate surface area is 196 Å². The van der Waals surface area contributed by atoms with Gasteiger partial charge in [-0.05, 0) is 50.5 Å². The summed E-state index contributed by atoms with van der Waals surface area (Å²) < 4.78 is 7.52. The fourth-order valence-electron chi connectivity index (χ4n) is 5.02. The summed E-state index contributed by atoms with van der Waals surface area (Å²) in [5.41, 5.74) is 3.14. The van der Waals surface area contributed by atoms with E-state index in [1.807, 2.05) is 30.5 Å². The van der Waals surface area contributed by atoms with E-state index in [9.17, 15) is 9.59 Å². The Balaban J connectivity index is 1.63. The van der Waals surface area contributed by atoms with Gasteiger partial charge in [0.2, 0.25) is 0 Å². The molecule has 0 aliphatic carbocycles. The number of halogens is 1. The second-order valence-corrected chi connectivity index (χ2v) is 9.34. The number of rotatable bonds is 4. The molecule has 2 aliphatic heterocycles. The number of nitrogens with zero attached hydrogens (tertiary/aromatic N) is 3. The molecule has 1 spiro atoms. The summed E-state index contributed by atoms with van der Waals surface area (Å²) in [6, 6.07) is 7.08. The quantitative estimate of drug-likeness (QED) is 0.571. The molecule has 0 bridgehead atoms. The number of carbonyl (C=O) groups is 1. The Morgan fingerprint density at radius 1 is 1.27 bits per heavy atom. The minimum Gasteiger partial charge on any atom is -0.380 e. The van der Waals surface area contributed by atoms with E-state index in [1.54, 1.807) is 19.2 Å². The standard InChI is InChI=1S/C24H26ClN5O3/c1-13-10-15(14(2)27-17-4-5-18(25)28-20(17)21(31)26-3)19-16(11-13)22(32)30-8-6-24(23(30)29-19)7-9-33-12-24/h4-5,10-11,14,27H,6-9,12H2,1-3H3,(H,26,31)/t14-,24-/m1/s1. The fraction of sp³-hybridized carbons (Fsp3) is 0.417. The molecule has 33 heavy (non-hydrogen) atoms. The van der Waals surface area contributed by atoms with Crippen molar-refractivity contribution >= 4 is 34.1 Å². The van der Waals surface area contributed by atoms with Gasteiger partial charge in [0.1, 0.15) is 11.0 Å². The summed E-state index contributed by atoms with van der Waals surface area (Å²) in [7, 11) is 1.55. The molecule has 2 aliphatic rings. The van der Waals surface area contributed by atoms with Crippen molar-refractivity contribution in [2.75, 3.05) is 25.6 Å². The summed E-state index contributed by atoms with van der Waals surface area (Å²) in [4.78, 5) is 35.1. The Morgan fingerprint density at radius 3 is 2.82 bits per heavy atom. The van der Waals surface area contributed by atoms with Crippen molar-refractivity contribution in [2.24, 2.45) is 0 Å². The van der Waals surface area contributed by atoms with Gasteiger partial charge < -0.3 is 15.4 Å². The Kier molecular flexibility index (Phi) is 5.37. The zero-order valence-electron chi connectivity index (χ0n) is 18.9. The second kappa shape index (κ2) is 8.11. The first-order valence-electron chi connectivity index (χ1n) is 11.1. The van der Waals surface area contributed by atoms with Crippen LogP contribution in [0.4, 0.5) is 5.69 Å². The highest BCUT2D eigenvalue weighted by molar-refractivity contribution is 6.29. The van der Waals surface area contributed by atoms with E-state index in [-0.39, 0.29) is 33.8 Å². The molecule has 172 valence electrons. The van der Waals surface area contributed by atoms with Crippen LogP contribution in [0.3, 0.4) is 0 Å². The third-order valence-electron chi connectivity index (χ3n) is 6.77. The van der Waals surface area contributed by atoms with Crippen LogP contribution in [-0.2, 0) is 16.7 Å². The van der Waals surface area contributed by atoms with Crippen LogP contribution in [0, 0.1) is 6.92 Å². The monoisotopic (exact) mass is 467 g/mol. The molecular weight excluding hydrogens is 442 g/mol. The van der Waals surface area contributed by atoms with Gasteiger partial charge in [-0.1, -0.05) is 17.7 Å². The highest BCUT2D eigenvalue weighted by atomic mass is 35.5. The number of fused-ring (bicyclic) bond motifs is 3. The van der Waals surface area contributed by atoms with E-state index in [0.717, 1.165) is 29.8 Å². The number of hydrogen-bond donors (Lipinski definition) is 2. The highest BCUT2D eigenvalue weighted by Crippen LogP contribution is 2.40. The molecule has 4 heterocycles. The van der Waals surface area contributed by atoms with Crippen molar-refractivity contribution in [1.29, 1.82) is 0 Å². The summed E-state index contributed by atoms with van der Waals surface area (Å²) in [5.74, 6) is 0.493. The topological polar surface area (TPSA) is 98.1 Å². The van der Waals surface area contributed by atoms with Gasteiger partial charge in [-0.3, -0.25) is 14.2 Å². The van der Waals surface area contributed by atoms with Gasteiger partial charge in [0.15, 0.2) is 5.69 Å². The third-order valence-corrected chi connectivity index (χ3v) is 6.98. The number of nitrogens with one attached hydrogen (secondary N) is 2. The summed E-state index contributed by atoms with van der Waals surface area (Å²) in [6.07, 6.45) is 1.76. The van der Waals surface area contributed by atoms with Gasteiger partial charge in [0, 0.05) is 25.8 Å². The van der Waals surface area contributed by atoms with Crippen LogP contribution in [-0.4, -0.2) is 40.7 Å². The zero-order chi connectivity index (χ0) is 23.3. The lowest BCUT2D eigenvalue weighted by molar-refractivity contribution is 0.0959. The number of aryl methyl sites for hydroxylation is 1. The molecule has 1 aromatic carbocycles. The molecule has 5 rings (SSSR count). The zero-order valence-corrected chi connectivity index (χ0v) is 19.6. The van der Waals surface area contributed by atoms with Crippen LogP contribution in [0.5, 0.6) is 0 Å². The van der Waals surface area contributed by atoms with Gasteiger partial charge in [0.05, 0.1) is 34.7 Å². The van der Waals surface area contributed by atoms with Crippen LogP contribution in [0.15, 0.2) is 29.1 Å². The number of anilines is 1. The largest absolute Gasteiger partial charge is 0.380 e. The number of hydrogen-bond acceptors (Lipinski definition) is 6. The average molecular weight is 468 g/mol. The number of pyridine rings is 1. The minimum atomic E-state index is -0.335. The van der Waals surface area contributed by atoms with Crippen LogP contribution >= 0.6 is 11.6 Å². The predicted octanol–water partition coefficient (Wildman–Crippen LogP) is 3.35. The Morgan fingerprint density at radius 2 is 2.09 bits per heavy atom. The summed E-state index contributed by atoms with van der Waals surface area (Å²) >= 11 is 6.02. The lowest BCUT2D eigenvalue weighted by atomic mass is 9.85. The summed E-state index contributed by atoms with van der Waals surface area (Å²) in [6.45, 7) is 5.92. The Hall–Kier alpha value is -2.97.